The first-order valence-corrected chi connectivity index (χ1v) is 7.18. The zero-order valence-corrected chi connectivity index (χ0v) is 12.1. The van der Waals surface area contributed by atoms with Crippen LogP contribution in [0.5, 0.6) is 0 Å². The van der Waals surface area contributed by atoms with Crippen molar-refractivity contribution in [3.8, 4) is 0 Å². The van der Waals surface area contributed by atoms with Crippen LogP contribution in [0.15, 0.2) is 10.5 Å². The normalized spacial score (nSPS) is 25.0. The maximum atomic E-state index is 13.4. The minimum absolute atomic E-state index is 0.0643. The van der Waals surface area contributed by atoms with E-state index in [4.69, 9.17) is 0 Å². The molecule has 1 saturated carbocycles. The number of alkyl halides is 1. The van der Waals surface area contributed by atoms with E-state index >= 15 is 0 Å². The monoisotopic (exact) mass is 370 g/mol. The standard InChI is InChI=1S/C12H11Br2F3/c13-7-3-1-6(2-4-7)8-5-9(15)11(16)12(17)10(8)14/h5-7H,1-4H2. The summed E-state index contributed by atoms with van der Waals surface area (Å²) in [5.41, 5.74) is 0.542. The van der Waals surface area contributed by atoms with E-state index in [1.807, 2.05) is 0 Å². The third-order valence-electron chi connectivity index (χ3n) is 3.23. The molecular weight excluding hydrogens is 361 g/mol. The summed E-state index contributed by atoms with van der Waals surface area (Å²) >= 11 is 6.55. The Morgan fingerprint density at radius 2 is 1.59 bits per heavy atom. The topological polar surface area (TPSA) is 0 Å². The van der Waals surface area contributed by atoms with Crippen molar-refractivity contribution in [2.45, 2.75) is 36.4 Å². The predicted molar refractivity (Wildman–Crippen MR) is 67.9 cm³/mol. The molecule has 0 amide bonds. The Morgan fingerprint density at radius 1 is 1.00 bits per heavy atom. The number of hydrogen-bond acceptors (Lipinski definition) is 0. The zero-order valence-electron chi connectivity index (χ0n) is 8.95. The van der Waals surface area contributed by atoms with Crippen molar-refractivity contribution in [2.24, 2.45) is 0 Å². The molecule has 0 saturated heterocycles. The fourth-order valence-corrected chi connectivity index (χ4v) is 3.39. The van der Waals surface area contributed by atoms with Crippen LogP contribution in [0.3, 0.4) is 0 Å². The molecule has 1 fully saturated rings. The molecule has 0 atom stereocenters. The van der Waals surface area contributed by atoms with Crippen LogP contribution in [-0.4, -0.2) is 4.83 Å². The lowest BCUT2D eigenvalue weighted by atomic mass is 9.84. The first-order valence-electron chi connectivity index (χ1n) is 5.47. The minimum Gasteiger partial charge on any atom is -0.204 e. The lowest BCUT2D eigenvalue weighted by molar-refractivity contribution is 0.424. The Hall–Kier alpha value is -0.0300. The van der Waals surface area contributed by atoms with Gasteiger partial charge in [-0.05, 0) is 59.2 Å². The van der Waals surface area contributed by atoms with Crippen molar-refractivity contribution < 1.29 is 13.2 Å². The van der Waals surface area contributed by atoms with Gasteiger partial charge >= 0.3 is 0 Å². The highest BCUT2D eigenvalue weighted by atomic mass is 79.9. The van der Waals surface area contributed by atoms with Crippen molar-refractivity contribution in [1.29, 1.82) is 0 Å². The molecule has 0 bridgehead atoms. The molecule has 0 unspecified atom stereocenters. The van der Waals surface area contributed by atoms with Crippen molar-refractivity contribution in [3.05, 3.63) is 33.6 Å². The van der Waals surface area contributed by atoms with E-state index in [1.54, 1.807) is 0 Å². The van der Waals surface area contributed by atoms with Crippen LogP contribution in [0.1, 0.15) is 37.2 Å². The molecule has 1 aliphatic rings. The van der Waals surface area contributed by atoms with Crippen molar-refractivity contribution in [2.75, 3.05) is 0 Å². The van der Waals surface area contributed by atoms with Crippen LogP contribution in [0.2, 0.25) is 0 Å². The fourth-order valence-electron chi connectivity index (χ4n) is 2.25. The Bertz CT molecular complexity index is 426. The van der Waals surface area contributed by atoms with Gasteiger partial charge in [-0.25, -0.2) is 13.2 Å². The van der Waals surface area contributed by atoms with Gasteiger partial charge in [-0.15, -0.1) is 0 Å². The first-order chi connectivity index (χ1) is 8.00. The minimum atomic E-state index is -1.41. The highest BCUT2D eigenvalue weighted by Gasteiger charge is 2.26. The highest BCUT2D eigenvalue weighted by molar-refractivity contribution is 9.10. The van der Waals surface area contributed by atoms with E-state index in [0.29, 0.717) is 10.4 Å². The molecule has 0 radical (unpaired) electrons. The van der Waals surface area contributed by atoms with Gasteiger partial charge < -0.3 is 0 Å². The first kappa shape index (κ1) is 13.4. The Kier molecular flexibility index (Phi) is 4.18. The van der Waals surface area contributed by atoms with E-state index in [0.717, 1.165) is 31.7 Å². The third kappa shape index (κ3) is 2.70. The van der Waals surface area contributed by atoms with Gasteiger partial charge in [0, 0.05) is 4.83 Å². The maximum absolute atomic E-state index is 13.4. The molecule has 1 aromatic rings. The molecule has 0 heterocycles. The Labute approximate surface area is 115 Å². The molecule has 0 spiro atoms. The molecule has 94 valence electrons. The second-order valence-electron chi connectivity index (χ2n) is 4.34. The SMILES string of the molecule is Fc1cc(C2CCC(Br)CC2)c(Br)c(F)c1F. The summed E-state index contributed by atoms with van der Waals surface area (Å²) in [4.78, 5) is 0.479. The fraction of sp³-hybridized carbons (Fsp3) is 0.500. The lowest BCUT2D eigenvalue weighted by Gasteiger charge is -2.26. The highest BCUT2D eigenvalue weighted by Crippen LogP contribution is 2.40. The summed E-state index contributed by atoms with van der Waals surface area (Å²) in [7, 11) is 0. The van der Waals surface area contributed by atoms with Crippen LogP contribution < -0.4 is 0 Å². The number of rotatable bonds is 1. The summed E-state index contributed by atoms with van der Waals surface area (Å²) in [6.07, 6.45) is 3.66. The molecule has 17 heavy (non-hydrogen) atoms. The van der Waals surface area contributed by atoms with Gasteiger partial charge in [0.2, 0.25) is 0 Å². The lowest BCUT2D eigenvalue weighted by Crippen LogP contribution is -2.14. The van der Waals surface area contributed by atoms with Crippen molar-refractivity contribution >= 4 is 31.9 Å². The quantitative estimate of drug-likeness (QED) is 0.357. The number of halogens is 5. The summed E-state index contributed by atoms with van der Waals surface area (Å²) in [6, 6.07) is 1.11. The second kappa shape index (κ2) is 5.31. The zero-order chi connectivity index (χ0) is 12.6. The van der Waals surface area contributed by atoms with Crippen LogP contribution >= 0.6 is 31.9 Å². The smallest absolute Gasteiger partial charge is 0.195 e. The van der Waals surface area contributed by atoms with Crippen LogP contribution in [-0.2, 0) is 0 Å². The summed E-state index contributed by atoms with van der Waals surface area (Å²) in [6.45, 7) is 0. The molecular formula is C12H11Br2F3. The molecule has 1 aliphatic carbocycles. The van der Waals surface area contributed by atoms with Crippen LogP contribution in [0.25, 0.3) is 0 Å². The summed E-state index contributed by atoms with van der Waals surface area (Å²) in [5, 5.41) is 0. The van der Waals surface area contributed by atoms with Gasteiger partial charge in [0.25, 0.3) is 0 Å². The van der Waals surface area contributed by atoms with E-state index in [2.05, 4.69) is 31.9 Å². The van der Waals surface area contributed by atoms with Gasteiger partial charge in [-0.3, -0.25) is 0 Å². The summed E-state index contributed by atoms with van der Waals surface area (Å²) < 4.78 is 39.7. The molecule has 0 N–H and O–H groups in total. The van der Waals surface area contributed by atoms with Gasteiger partial charge in [0.05, 0.1) is 4.47 Å². The predicted octanol–water partition coefficient (Wildman–Crippen LogP) is 5.29. The van der Waals surface area contributed by atoms with E-state index in [1.165, 1.54) is 0 Å². The molecule has 2 rings (SSSR count). The largest absolute Gasteiger partial charge is 0.204 e. The van der Waals surface area contributed by atoms with E-state index in [9.17, 15) is 13.2 Å². The molecule has 0 nitrogen and oxygen atoms in total. The third-order valence-corrected chi connectivity index (χ3v) is 4.95. The van der Waals surface area contributed by atoms with Gasteiger partial charge in [0.15, 0.2) is 17.5 Å². The molecule has 0 aliphatic heterocycles. The second-order valence-corrected chi connectivity index (χ2v) is 6.43. The van der Waals surface area contributed by atoms with Crippen LogP contribution in [0.4, 0.5) is 13.2 Å². The Balaban J connectivity index is 2.33. The molecule has 1 aromatic carbocycles. The van der Waals surface area contributed by atoms with Crippen LogP contribution in [0, 0.1) is 17.5 Å². The van der Waals surface area contributed by atoms with E-state index in [-0.39, 0.29) is 10.4 Å². The van der Waals surface area contributed by atoms with Gasteiger partial charge in [0.1, 0.15) is 0 Å². The number of hydrogen-bond donors (Lipinski definition) is 0. The Morgan fingerprint density at radius 3 is 2.18 bits per heavy atom. The average molecular weight is 372 g/mol. The van der Waals surface area contributed by atoms with Crippen molar-refractivity contribution in [3.63, 3.8) is 0 Å². The molecule has 0 aromatic heterocycles. The molecule has 5 heteroatoms. The van der Waals surface area contributed by atoms with Gasteiger partial charge in [-0.1, -0.05) is 15.9 Å². The van der Waals surface area contributed by atoms with Gasteiger partial charge in [-0.2, -0.15) is 0 Å². The number of benzene rings is 1. The van der Waals surface area contributed by atoms with Crippen molar-refractivity contribution in [1.82, 2.24) is 0 Å². The summed E-state index contributed by atoms with van der Waals surface area (Å²) in [5.74, 6) is -3.54. The van der Waals surface area contributed by atoms with E-state index < -0.39 is 17.5 Å². The maximum Gasteiger partial charge on any atom is 0.195 e. The average Bonchev–Trinajstić information content (AvgIpc) is 2.32.